The molecular formula is C23H28N6O. The van der Waals surface area contributed by atoms with Crippen molar-refractivity contribution in [3.05, 3.63) is 60.2 Å². The van der Waals surface area contributed by atoms with Crippen LogP contribution in [0, 0.1) is 11.8 Å². The number of urea groups is 1. The maximum atomic E-state index is 12.9. The molecule has 7 heteroatoms. The summed E-state index contributed by atoms with van der Waals surface area (Å²) in [5, 5.41) is 6.19. The quantitative estimate of drug-likeness (QED) is 0.370. The molecule has 0 radical (unpaired) electrons. The highest BCUT2D eigenvalue weighted by molar-refractivity contribution is 5.78. The lowest BCUT2D eigenvalue weighted by Crippen LogP contribution is -2.43. The van der Waals surface area contributed by atoms with E-state index in [0.717, 1.165) is 33.7 Å². The molecule has 30 heavy (non-hydrogen) atoms. The van der Waals surface area contributed by atoms with Gasteiger partial charge in [-0.05, 0) is 36.1 Å². The molecule has 2 heterocycles. The zero-order valence-corrected chi connectivity index (χ0v) is 17.7. The van der Waals surface area contributed by atoms with Crippen LogP contribution >= 0.6 is 0 Å². The van der Waals surface area contributed by atoms with Crippen molar-refractivity contribution < 1.29 is 4.79 Å². The molecule has 4 rings (SSSR count). The number of hydrogen-bond donors (Lipinski definition) is 4. The zero-order chi connectivity index (χ0) is 21.3. The fourth-order valence-electron chi connectivity index (χ4n) is 3.67. The first-order valence-corrected chi connectivity index (χ1v) is 10.4. The number of imidazole rings is 2. The molecule has 2 amide bonds. The Kier molecular flexibility index (Phi) is 5.44. The number of aromatic amines is 2. The Morgan fingerprint density at radius 2 is 1.13 bits per heavy atom. The first-order chi connectivity index (χ1) is 14.4. The number of nitrogens with zero attached hydrogens (tertiary/aromatic N) is 2. The minimum Gasteiger partial charge on any atom is -0.340 e. The number of benzene rings is 2. The molecule has 0 aliphatic rings. The van der Waals surface area contributed by atoms with Crippen LogP contribution < -0.4 is 10.6 Å². The predicted octanol–water partition coefficient (Wildman–Crippen LogP) is 4.83. The van der Waals surface area contributed by atoms with Crippen LogP contribution in [0.4, 0.5) is 4.79 Å². The summed E-state index contributed by atoms with van der Waals surface area (Å²) in [4.78, 5) is 29.0. The van der Waals surface area contributed by atoms with Crippen molar-refractivity contribution in [2.75, 3.05) is 0 Å². The molecule has 2 unspecified atom stereocenters. The van der Waals surface area contributed by atoms with E-state index in [9.17, 15) is 4.79 Å². The number of amides is 2. The molecular weight excluding hydrogens is 376 g/mol. The molecule has 0 aliphatic carbocycles. The Balaban J connectivity index is 1.54. The average molecular weight is 405 g/mol. The second kappa shape index (κ2) is 8.18. The summed E-state index contributed by atoms with van der Waals surface area (Å²) in [6.45, 7) is 8.27. The molecule has 0 fully saturated rings. The van der Waals surface area contributed by atoms with E-state index in [2.05, 4.69) is 58.3 Å². The maximum Gasteiger partial charge on any atom is 0.315 e. The molecule has 0 spiro atoms. The van der Waals surface area contributed by atoms with E-state index in [-0.39, 0.29) is 30.0 Å². The third kappa shape index (κ3) is 4.01. The van der Waals surface area contributed by atoms with Gasteiger partial charge in [0.1, 0.15) is 11.6 Å². The molecule has 0 aliphatic heterocycles. The molecule has 4 aromatic rings. The summed E-state index contributed by atoms with van der Waals surface area (Å²) in [7, 11) is 0. The van der Waals surface area contributed by atoms with Crippen molar-refractivity contribution in [2.24, 2.45) is 11.8 Å². The second-order valence-corrected chi connectivity index (χ2v) is 8.34. The zero-order valence-electron chi connectivity index (χ0n) is 17.7. The summed E-state index contributed by atoms with van der Waals surface area (Å²) in [5.74, 6) is 1.84. The summed E-state index contributed by atoms with van der Waals surface area (Å²) >= 11 is 0. The Morgan fingerprint density at radius 3 is 1.50 bits per heavy atom. The van der Waals surface area contributed by atoms with Crippen molar-refractivity contribution in [3.63, 3.8) is 0 Å². The summed E-state index contributed by atoms with van der Waals surface area (Å²) < 4.78 is 0. The molecule has 2 aromatic carbocycles. The molecule has 2 aromatic heterocycles. The minimum atomic E-state index is -0.242. The minimum absolute atomic E-state index is 0.167. The highest BCUT2D eigenvalue weighted by atomic mass is 16.2. The smallest absolute Gasteiger partial charge is 0.315 e. The monoisotopic (exact) mass is 404 g/mol. The fraction of sp³-hybridized carbons (Fsp3) is 0.348. The van der Waals surface area contributed by atoms with Crippen LogP contribution in [-0.4, -0.2) is 26.0 Å². The summed E-state index contributed by atoms with van der Waals surface area (Å²) in [6, 6.07) is 15.0. The van der Waals surface area contributed by atoms with Crippen LogP contribution in [0.3, 0.4) is 0 Å². The molecule has 0 bridgehead atoms. The lowest BCUT2D eigenvalue weighted by atomic mass is 10.0. The summed E-state index contributed by atoms with van der Waals surface area (Å²) in [5.41, 5.74) is 3.70. The number of rotatable bonds is 6. The lowest BCUT2D eigenvalue weighted by Gasteiger charge is -2.24. The van der Waals surface area contributed by atoms with Crippen LogP contribution in [0.1, 0.15) is 51.4 Å². The van der Waals surface area contributed by atoms with Gasteiger partial charge in [-0.3, -0.25) is 0 Å². The maximum absolute atomic E-state index is 12.9. The van der Waals surface area contributed by atoms with Crippen LogP contribution in [-0.2, 0) is 0 Å². The predicted molar refractivity (Wildman–Crippen MR) is 119 cm³/mol. The Morgan fingerprint density at radius 1 is 0.733 bits per heavy atom. The van der Waals surface area contributed by atoms with E-state index < -0.39 is 0 Å². The van der Waals surface area contributed by atoms with Gasteiger partial charge in [0.05, 0.1) is 34.2 Å². The Hall–Kier alpha value is -3.35. The van der Waals surface area contributed by atoms with Crippen LogP contribution in [0.2, 0.25) is 0 Å². The molecule has 2 atom stereocenters. The van der Waals surface area contributed by atoms with Gasteiger partial charge in [0.2, 0.25) is 0 Å². The first-order valence-electron chi connectivity index (χ1n) is 10.4. The summed E-state index contributed by atoms with van der Waals surface area (Å²) in [6.07, 6.45) is 0. The molecule has 4 N–H and O–H groups in total. The van der Waals surface area contributed by atoms with Crippen molar-refractivity contribution in [1.29, 1.82) is 0 Å². The van der Waals surface area contributed by atoms with Gasteiger partial charge in [-0.1, -0.05) is 52.0 Å². The second-order valence-electron chi connectivity index (χ2n) is 8.34. The van der Waals surface area contributed by atoms with Crippen molar-refractivity contribution in [2.45, 2.75) is 39.8 Å². The standard InChI is InChI=1S/C23H28N6O/c1-13(2)19(21-24-15-9-5-6-10-16(15)25-21)28-23(30)29-20(14(3)4)22-26-17-11-7-8-12-18(17)27-22/h5-14,19-20H,1-4H3,(H,24,25)(H,26,27)(H2,28,29,30). The molecule has 7 nitrogen and oxygen atoms in total. The van der Waals surface area contributed by atoms with Crippen LogP contribution in [0.25, 0.3) is 22.1 Å². The lowest BCUT2D eigenvalue weighted by molar-refractivity contribution is 0.223. The van der Waals surface area contributed by atoms with Gasteiger partial charge < -0.3 is 20.6 Å². The van der Waals surface area contributed by atoms with Crippen molar-refractivity contribution >= 4 is 28.1 Å². The van der Waals surface area contributed by atoms with Gasteiger partial charge in [-0.2, -0.15) is 0 Å². The van der Waals surface area contributed by atoms with E-state index in [0.29, 0.717) is 0 Å². The Bertz CT molecular complexity index is 1000. The topological polar surface area (TPSA) is 98.5 Å². The molecule has 156 valence electrons. The van der Waals surface area contributed by atoms with Crippen molar-refractivity contribution in [1.82, 2.24) is 30.6 Å². The normalized spacial score (nSPS) is 13.8. The van der Waals surface area contributed by atoms with Gasteiger partial charge in [-0.15, -0.1) is 0 Å². The van der Waals surface area contributed by atoms with Crippen molar-refractivity contribution in [3.8, 4) is 0 Å². The van der Waals surface area contributed by atoms with Crippen LogP contribution in [0.5, 0.6) is 0 Å². The number of H-pyrrole nitrogens is 2. The van der Waals surface area contributed by atoms with Gasteiger partial charge in [0, 0.05) is 0 Å². The van der Waals surface area contributed by atoms with E-state index in [1.807, 2.05) is 48.5 Å². The van der Waals surface area contributed by atoms with Gasteiger partial charge in [0.25, 0.3) is 0 Å². The number of carbonyl (C=O) groups is 1. The first kappa shape index (κ1) is 19.9. The van der Waals surface area contributed by atoms with E-state index >= 15 is 0 Å². The van der Waals surface area contributed by atoms with Crippen LogP contribution in [0.15, 0.2) is 48.5 Å². The number of carbonyl (C=O) groups excluding carboxylic acids is 1. The number of aromatic nitrogens is 4. The average Bonchev–Trinajstić information content (AvgIpc) is 3.33. The Labute approximate surface area is 175 Å². The third-order valence-electron chi connectivity index (χ3n) is 5.31. The molecule has 0 saturated heterocycles. The largest absolute Gasteiger partial charge is 0.340 e. The van der Waals surface area contributed by atoms with E-state index in [1.54, 1.807) is 0 Å². The third-order valence-corrected chi connectivity index (χ3v) is 5.31. The van der Waals surface area contributed by atoms with E-state index in [1.165, 1.54) is 0 Å². The van der Waals surface area contributed by atoms with Gasteiger partial charge >= 0.3 is 6.03 Å². The van der Waals surface area contributed by atoms with Gasteiger partial charge in [-0.25, -0.2) is 14.8 Å². The number of hydrogen-bond acceptors (Lipinski definition) is 3. The van der Waals surface area contributed by atoms with E-state index in [4.69, 9.17) is 0 Å². The molecule has 0 saturated carbocycles. The fourth-order valence-corrected chi connectivity index (χ4v) is 3.67. The highest BCUT2D eigenvalue weighted by Crippen LogP contribution is 2.24. The SMILES string of the molecule is CC(C)C(NC(=O)NC(c1nc2ccccc2[nH]1)C(C)C)c1nc2ccccc2[nH]1. The highest BCUT2D eigenvalue weighted by Gasteiger charge is 2.26. The number of fused-ring (bicyclic) bond motifs is 2. The van der Waals surface area contributed by atoms with Gasteiger partial charge in [0.15, 0.2) is 0 Å². The number of para-hydroxylation sites is 4. The number of nitrogens with one attached hydrogen (secondary N) is 4.